The lowest BCUT2D eigenvalue weighted by molar-refractivity contribution is -0.146. The summed E-state index contributed by atoms with van der Waals surface area (Å²) in [5, 5.41) is 8.88. The number of carbonyl (C=O) groups excluding carboxylic acids is 3. The van der Waals surface area contributed by atoms with E-state index in [9.17, 15) is 14.4 Å². The lowest BCUT2D eigenvalue weighted by atomic mass is 9.84. The van der Waals surface area contributed by atoms with Gasteiger partial charge < -0.3 is 20.7 Å². The summed E-state index contributed by atoms with van der Waals surface area (Å²) in [7, 11) is 1.30. The lowest BCUT2D eigenvalue weighted by Crippen LogP contribution is -2.49. The maximum Gasteiger partial charge on any atom is 0.328 e. The van der Waals surface area contributed by atoms with Crippen molar-refractivity contribution in [1.82, 2.24) is 16.0 Å². The number of hydrogen-bond acceptors (Lipinski definition) is 5. The van der Waals surface area contributed by atoms with E-state index >= 15 is 0 Å². The van der Waals surface area contributed by atoms with Crippen LogP contribution in [0.2, 0.25) is 0 Å². The van der Waals surface area contributed by atoms with Gasteiger partial charge in [-0.15, -0.1) is 0 Å². The highest BCUT2D eigenvalue weighted by Gasteiger charge is 2.44. The molecule has 3 atom stereocenters. The Hall–Kier alpha value is -1.63. The summed E-state index contributed by atoms with van der Waals surface area (Å²) in [5.74, 6) is -0.946. The minimum atomic E-state index is -0.765. The molecule has 24 heavy (non-hydrogen) atoms. The van der Waals surface area contributed by atoms with Gasteiger partial charge >= 0.3 is 5.97 Å². The molecule has 3 fully saturated rings. The molecule has 2 amide bonds. The van der Waals surface area contributed by atoms with Gasteiger partial charge in [0.05, 0.1) is 13.2 Å². The second kappa shape index (κ2) is 7.09. The van der Waals surface area contributed by atoms with E-state index in [1.165, 1.54) is 32.8 Å². The maximum absolute atomic E-state index is 12.6. The number of amides is 2. The maximum atomic E-state index is 12.6. The van der Waals surface area contributed by atoms with Crippen molar-refractivity contribution < 1.29 is 19.1 Å². The van der Waals surface area contributed by atoms with Gasteiger partial charge in [-0.25, -0.2) is 4.79 Å². The van der Waals surface area contributed by atoms with Gasteiger partial charge in [-0.3, -0.25) is 9.59 Å². The van der Waals surface area contributed by atoms with Crippen LogP contribution in [0.5, 0.6) is 0 Å². The molecule has 0 bridgehead atoms. The fraction of sp³-hybridized carbons (Fsp3) is 0.824. The van der Waals surface area contributed by atoms with Crippen LogP contribution < -0.4 is 16.0 Å². The number of ether oxygens (including phenoxy) is 1. The zero-order chi connectivity index (χ0) is 17.2. The highest BCUT2D eigenvalue weighted by molar-refractivity contribution is 5.88. The summed E-state index contributed by atoms with van der Waals surface area (Å²) in [6, 6.07) is -1.02. The molecule has 2 saturated heterocycles. The van der Waals surface area contributed by atoms with Crippen LogP contribution in [0.25, 0.3) is 0 Å². The highest BCUT2D eigenvalue weighted by atomic mass is 16.5. The van der Waals surface area contributed by atoms with Crippen LogP contribution in [0, 0.1) is 11.3 Å². The molecule has 0 unspecified atom stereocenters. The molecule has 2 heterocycles. The van der Waals surface area contributed by atoms with Crippen LogP contribution in [0.3, 0.4) is 0 Å². The number of hydrogen-bond donors (Lipinski definition) is 3. The third-order valence-electron chi connectivity index (χ3n) is 5.83. The molecule has 1 saturated carbocycles. The predicted octanol–water partition coefficient (Wildman–Crippen LogP) is 0.0927. The first-order chi connectivity index (χ1) is 11.5. The van der Waals surface area contributed by atoms with Crippen LogP contribution >= 0.6 is 0 Å². The number of esters is 1. The molecule has 0 aromatic rings. The second-order valence-electron chi connectivity index (χ2n) is 7.44. The predicted molar refractivity (Wildman–Crippen MR) is 87.0 cm³/mol. The SMILES string of the molecule is COC(=O)[C@H](C[C@@H]1CCNC1=O)NC(=O)[C@@H]1CC2(CCCC2)CN1. The van der Waals surface area contributed by atoms with E-state index in [1.807, 2.05) is 0 Å². The van der Waals surface area contributed by atoms with Crippen molar-refractivity contribution in [3.8, 4) is 0 Å². The van der Waals surface area contributed by atoms with E-state index in [0.717, 1.165) is 13.0 Å². The van der Waals surface area contributed by atoms with Crippen LogP contribution in [-0.2, 0) is 19.1 Å². The molecule has 2 aliphatic heterocycles. The van der Waals surface area contributed by atoms with Gasteiger partial charge in [-0.05, 0) is 37.5 Å². The standard InChI is InChI=1S/C17H27N3O4/c1-24-16(23)12(8-11-4-7-18-14(11)21)20-15(22)13-9-17(10-19-13)5-2-3-6-17/h11-13,19H,2-10H2,1H3,(H,18,21)(H,20,22)/t11-,12-,13-/m0/s1. The van der Waals surface area contributed by atoms with E-state index in [0.29, 0.717) is 19.4 Å². The second-order valence-corrected chi connectivity index (χ2v) is 7.44. The molecular weight excluding hydrogens is 310 g/mol. The van der Waals surface area contributed by atoms with Gasteiger partial charge in [0.15, 0.2) is 0 Å². The van der Waals surface area contributed by atoms with Gasteiger partial charge in [-0.2, -0.15) is 0 Å². The van der Waals surface area contributed by atoms with Crippen LogP contribution in [0.4, 0.5) is 0 Å². The molecule has 7 nitrogen and oxygen atoms in total. The normalized spacial score (nSPS) is 29.5. The van der Waals surface area contributed by atoms with E-state index < -0.39 is 12.0 Å². The topological polar surface area (TPSA) is 96.5 Å². The zero-order valence-corrected chi connectivity index (χ0v) is 14.2. The molecule has 3 aliphatic rings. The molecule has 1 spiro atoms. The molecule has 0 aromatic heterocycles. The number of rotatable bonds is 5. The summed E-state index contributed by atoms with van der Waals surface area (Å²) in [5.41, 5.74) is 0.258. The molecule has 1 aliphatic carbocycles. The highest BCUT2D eigenvalue weighted by Crippen LogP contribution is 2.44. The fourth-order valence-electron chi connectivity index (χ4n) is 4.39. The molecule has 3 N–H and O–H groups in total. The summed E-state index contributed by atoms with van der Waals surface area (Å²) < 4.78 is 4.81. The Morgan fingerprint density at radius 3 is 2.75 bits per heavy atom. The smallest absolute Gasteiger partial charge is 0.328 e. The Morgan fingerprint density at radius 2 is 2.12 bits per heavy atom. The first kappa shape index (κ1) is 17.2. The summed E-state index contributed by atoms with van der Waals surface area (Å²) >= 11 is 0. The van der Waals surface area contributed by atoms with Crippen molar-refractivity contribution >= 4 is 17.8 Å². The van der Waals surface area contributed by atoms with Crippen LogP contribution in [-0.4, -0.2) is 50.1 Å². The number of nitrogens with one attached hydrogen (secondary N) is 3. The molecule has 0 aromatic carbocycles. The molecule has 7 heteroatoms. The minimum absolute atomic E-state index is 0.0537. The Kier molecular flexibility index (Phi) is 5.08. The average molecular weight is 337 g/mol. The third kappa shape index (κ3) is 3.55. The molecular formula is C17H27N3O4. The lowest BCUT2D eigenvalue weighted by Gasteiger charge is -2.22. The van der Waals surface area contributed by atoms with Gasteiger partial charge in [0.1, 0.15) is 6.04 Å². The van der Waals surface area contributed by atoms with Gasteiger partial charge in [0, 0.05) is 19.0 Å². The van der Waals surface area contributed by atoms with E-state index in [4.69, 9.17) is 4.74 Å². The Balaban J connectivity index is 1.58. The third-order valence-corrected chi connectivity index (χ3v) is 5.83. The number of carbonyl (C=O) groups is 3. The molecule has 3 rings (SSSR count). The zero-order valence-electron chi connectivity index (χ0n) is 14.2. The quantitative estimate of drug-likeness (QED) is 0.618. The summed E-state index contributed by atoms with van der Waals surface area (Å²) in [6.07, 6.45) is 6.62. The van der Waals surface area contributed by atoms with Crippen molar-refractivity contribution in [1.29, 1.82) is 0 Å². The first-order valence-corrected chi connectivity index (χ1v) is 8.92. The molecule has 0 radical (unpaired) electrons. The van der Waals surface area contributed by atoms with Crippen LogP contribution in [0.15, 0.2) is 0 Å². The van der Waals surface area contributed by atoms with E-state index in [-0.39, 0.29) is 29.2 Å². The van der Waals surface area contributed by atoms with Gasteiger partial charge in [0.25, 0.3) is 0 Å². The van der Waals surface area contributed by atoms with Crippen molar-refractivity contribution in [2.75, 3.05) is 20.2 Å². The van der Waals surface area contributed by atoms with Crippen molar-refractivity contribution in [3.05, 3.63) is 0 Å². The van der Waals surface area contributed by atoms with Crippen molar-refractivity contribution in [2.24, 2.45) is 11.3 Å². The first-order valence-electron chi connectivity index (χ1n) is 8.92. The minimum Gasteiger partial charge on any atom is -0.467 e. The Bertz CT molecular complexity index is 516. The van der Waals surface area contributed by atoms with Gasteiger partial charge in [-0.1, -0.05) is 12.8 Å². The monoisotopic (exact) mass is 337 g/mol. The van der Waals surface area contributed by atoms with E-state index in [2.05, 4.69) is 16.0 Å². The molecule has 134 valence electrons. The summed E-state index contributed by atoms with van der Waals surface area (Å²) in [4.78, 5) is 36.4. The Morgan fingerprint density at radius 1 is 1.38 bits per heavy atom. The Labute approximate surface area is 142 Å². The fourth-order valence-corrected chi connectivity index (χ4v) is 4.39. The average Bonchev–Trinajstić information content (AvgIpc) is 3.30. The summed E-state index contributed by atoms with van der Waals surface area (Å²) in [6.45, 7) is 1.50. The van der Waals surface area contributed by atoms with Crippen molar-refractivity contribution in [3.63, 3.8) is 0 Å². The number of methoxy groups -OCH3 is 1. The van der Waals surface area contributed by atoms with Crippen LogP contribution in [0.1, 0.15) is 44.9 Å². The van der Waals surface area contributed by atoms with Crippen molar-refractivity contribution in [2.45, 2.75) is 57.0 Å². The van der Waals surface area contributed by atoms with Gasteiger partial charge in [0.2, 0.25) is 11.8 Å². The van der Waals surface area contributed by atoms with E-state index in [1.54, 1.807) is 0 Å². The largest absolute Gasteiger partial charge is 0.467 e.